The minimum atomic E-state index is 0.797. The molecule has 0 fully saturated rings. The van der Waals surface area contributed by atoms with E-state index in [0.29, 0.717) is 0 Å². The van der Waals surface area contributed by atoms with Gasteiger partial charge in [0.15, 0.2) is 10.3 Å². The Balaban J connectivity index is 1.86. The lowest BCUT2D eigenvalue weighted by atomic mass is 10.3. The van der Waals surface area contributed by atoms with Gasteiger partial charge in [0.05, 0.1) is 29.1 Å². The highest BCUT2D eigenvalue weighted by Gasteiger charge is 2.13. The number of methoxy groups -OCH3 is 1. The summed E-state index contributed by atoms with van der Waals surface area (Å²) in [5.74, 6) is 0.797. The molecule has 0 bridgehead atoms. The number of hydrogen-bond acceptors (Lipinski definition) is 7. The van der Waals surface area contributed by atoms with Crippen molar-refractivity contribution in [3.8, 4) is 16.3 Å². The van der Waals surface area contributed by atoms with Crippen LogP contribution in [0.5, 0.6) is 5.75 Å². The van der Waals surface area contributed by atoms with E-state index in [1.54, 1.807) is 29.8 Å². The molecule has 0 radical (unpaired) electrons. The second-order valence-electron chi connectivity index (χ2n) is 4.55. The SMILES string of the molecule is CNc1nc(C)c(-c2csc(Nc3ccccc3OC)n2)s1. The van der Waals surface area contributed by atoms with Crippen LogP contribution in [0.2, 0.25) is 0 Å². The van der Waals surface area contributed by atoms with Crippen LogP contribution in [-0.4, -0.2) is 24.1 Å². The molecule has 1 aromatic carbocycles. The van der Waals surface area contributed by atoms with Crippen LogP contribution in [0.15, 0.2) is 29.6 Å². The molecule has 0 aliphatic heterocycles. The van der Waals surface area contributed by atoms with Crippen molar-refractivity contribution in [3.05, 3.63) is 35.3 Å². The fraction of sp³-hybridized carbons (Fsp3) is 0.200. The minimum Gasteiger partial charge on any atom is -0.495 e. The Morgan fingerprint density at radius 3 is 2.68 bits per heavy atom. The quantitative estimate of drug-likeness (QED) is 0.726. The molecule has 2 N–H and O–H groups in total. The van der Waals surface area contributed by atoms with Gasteiger partial charge in [0.2, 0.25) is 0 Å². The number of anilines is 3. The maximum atomic E-state index is 5.34. The summed E-state index contributed by atoms with van der Waals surface area (Å²) in [5.41, 5.74) is 2.84. The summed E-state index contributed by atoms with van der Waals surface area (Å²) < 4.78 is 5.34. The first-order chi connectivity index (χ1) is 10.7. The molecule has 2 aromatic heterocycles. The molecule has 5 nitrogen and oxygen atoms in total. The normalized spacial score (nSPS) is 10.5. The first-order valence-electron chi connectivity index (χ1n) is 6.72. The summed E-state index contributed by atoms with van der Waals surface area (Å²) >= 11 is 3.17. The molecule has 7 heteroatoms. The molecule has 22 heavy (non-hydrogen) atoms. The molecule has 0 spiro atoms. The number of ether oxygens (including phenoxy) is 1. The van der Waals surface area contributed by atoms with E-state index in [0.717, 1.165) is 38.0 Å². The van der Waals surface area contributed by atoms with Gasteiger partial charge in [0.25, 0.3) is 0 Å². The van der Waals surface area contributed by atoms with Crippen molar-refractivity contribution in [2.45, 2.75) is 6.92 Å². The van der Waals surface area contributed by atoms with Crippen LogP contribution in [-0.2, 0) is 0 Å². The van der Waals surface area contributed by atoms with Crippen LogP contribution in [0, 0.1) is 6.92 Å². The van der Waals surface area contributed by atoms with E-state index in [9.17, 15) is 0 Å². The second kappa shape index (κ2) is 6.33. The predicted molar refractivity (Wildman–Crippen MR) is 93.8 cm³/mol. The third-order valence-corrected chi connectivity index (χ3v) is 5.05. The van der Waals surface area contributed by atoms with Crippen molar-refractivity contribution < 1.29 is 4.74 Å². The highest BCUT2D eigenvalue weighted by atomic mass is 32.1. The van der Waals surface area contributed by atoms with Crippen LogP contribution < -0.4 is 15.4 Å². The number of benzene rings is 1. The molecule has 0 aliphatic carbocycles. The Labute approximate surface area is 137 Å². The van der Waals surface area contributed by atoms with E-state index in [4.69, 9.17) is 4.74 Å². The van der Waals surface area contributed by atoms with Gasteiger partial charge in [-0.3, -0.25) is 0 Å². The third-order valence-electron chi connectivity index (χ3n) is 3.10. The monoisotopic (exact) mass is 332 g/mol. The summed E-state index contributed by atoms with van der Waals surface area (Å²) in [6.45, 7) is 2.00. The molecular weight excluding hydrogens is 316 g/mol. The maximum Gasteiger partial charge on any atom is 0.187 e. The average molecular weight is 332 g/mol. The number of rotatable bonds is 5. The Morgan fingerprint density at radius 2 is 1.95 bits per heavy atom. The van der Waals surface area contributed by atoms with Crippen molar-refractivity contribution >= 4 is 38.6 Å². The van der Waals surface area contributed by atoms with Crippen LogP contribution in [0.3, 0.4) is 0 Å². The Kier molecular flexibility index (Phi) is 4.26. The average Bonchev–Trinajstić information content (AvgIpc) is 3.14. The summed E-state index contributed by atoms with van der Waals surface area (Å²) in [6.07, 6.45) is 0. The predicted octanol–water partition coefficient (Wildman–Crippen LogP) is 4.37. The summed E-state index contributed by atoms with van der Waals surface area (Å²) in [7, 11) is 3.53. The van der Waals surface area contributed by atoms with Crippen molar-refractivity contribution in [2.24, 2.45) is 0 Å². The Hall–Kier alpha value is -2.12. The lowest BCUT2D eigenvalue weighted by Crippen LogP contribution is -1.93. The van der Waals surface area contributed by atoms with E-state index in [1.807, 2.05) is 43.6 Å². The Morgan fingerprint density at radius 1 is 1.14 bits per heavy atom. The smallest absolute Gasteiger partial charge is 0.187 e. The van der Waals surface area contributed by atoms with Crippen molar-refractivity contribution in [2.75, 3.05) is 24.8 Å². The Bertz CT molecular complexity index is 781. The van der Waals surface area contributed by atoms with Crippen LogP contribution >= 0.6 is 22.7 Å². The zero-order valence-electron chi connectivity index (χ0n) is 12.5. The fourth-order valence-corrected chi connectivity index (χ4v) is 3.71. The molecular formula is C15H16N4OS2. The van der Waals surface area contributed by atoms with E-state index >= 15 is 0 Å². The van der Waals surface area contributed by atoms with Crippen LogP contribution in [0.25, 0.3) is 10.6 Å². The van der Waals surface area contributed by atoms with E-state index in [2.05, 4.69) is 20.6 Å². The molecule has 3 rings (SSSR count). The second-order valence-corrected chi connectivity index (χ2v) is 6.40. The van der Waals surface area contributed by atoms with Gasteiger partial charge in [-0.05, 0) is 19.1 Å². The molecule has 2 heterocycles. The highest BCUT2D eigenvalue weighted by Crippen LogP contribution is 2.36. The van der Waals surface area contributed by atoms with Crippen LogP contribution in [0.4, 0.5) is 16.0 Å². The third kappa shape index (κ3) is 2.90. The number of nitrogens with zero attached hydrogens (tertiary/aromatic N) is 2. The van der Waals surface area contributed by atoms with Gasteiger partial charge in [-0.2, -0.15) is 0 Å². The number of hydrogen-bond donors (Lipinski definition) is 2. The van der Waals surface area contributed by atoms with Gasteiger partial charge in [-0.15, -0.1) is 11.3 Å². The molecule has 0 amide bonds. The van der Waals surface area contributed by atoms with Gasteiger partial charge in [-0.25, -0.2) is 9.97 Å². The lowest BCUT2D eigenvalue weighted by molar-refractivity contribution is 0.417. The number of para-hydroxylation sites is 2. The summed E-state index contributed by atoms with van der Waals surface area (Å²) in [4.78, 5) is 10.2. The zero-order chi connectivity index (χ0) is 15.5. The highest BCUT2D eigenvalue weighted by molar-refractivity contribution is 7.19. The topological polar surface area (TPSA) is 59.1 Å². The molecule has 0 aliphatic rings. The molecule has 0 saturated carbocycles. The van der Waals surface area contributed by atoms with Crippen molar-refractivity contribution in [1.82, 2.24) is 9.97 Å². The van der Waals surface area contributed by atoms with Gasteiger partial charge in [0.1, 0.15) is 5.75 Å². The molecule has 0 unspecified atom stereocenters. The zero-order valence-corrected chi connectivity index (χ0v) is 14.1. The summed E-state index contributed by atoms with van der Waals surface area (Å²) in [6, 6.07) is 7.80. The van der Waals surface area contributed by atoms with Crippen molar-refractivity contribution in [1.29, 1.82) is 0 Å². The maximum absolute atomic E-state index is 5.34. The van der Waals surface area contributed by atoms with Gasteiger partial charge in [0, 0.05) is 12.4 Å². The molecule has 3 aromatic rings. The molecule has 0 atom stereocenters. The lowest BCUT2D eigenvalue weighted by Gasteiger charge is -2.07. The van der Waals surface area contributed by atoms with E-state index < -0.39 is 0 Å². The van der Waals surface area contributed by atoms with Gasteiger partial charge < -0.3 is 15.4 Å². The van der Waals surface area contributed by atoms with Crippen molar-refractivity contribution in [3.63, 3.8) is 0 Å². The fourth-order valence-electron chi connectivity index (χ4n) is 2.04. The van der Waals surface area contributed by atoms with E-state index in [-0.39, 0.29) is 0 Å². The summed E-state index contributed by atoms with van der Waals surface area (Å²) in [5, 5.41) is 10.1. The van der Waals surface area contributed by atoms with Gasteiger partial charge in [-0.1, -0.05) is 23.5 Å². The number of aromatic nitrogens is 2. The first kappa shape index (κ1) is 14.8. The first-order valence-corrected chi connectivity index (χ1v) is 8.42. The minimum absolute atomic E-state index is 0.797. The standard InChI is InChI=1S/C15H16N4OS2/c1-9-13(22-14(16-2)17-9)11-8-21-15(19-11)18-10-6-4-5-7-12(10)20-3/h4-8H,1-3H3,(H,16,17)(H,18,19). The van der Waals surface area contributed by atoms with Crippen LogP contribution in [0.1, 0.15) is 5.69 Å². The molecule has 114 valence electrons. The van der Waals surface area contributed by atoms with Gasteiger partial charge >= 0.3 is 0 Å². The van der Waals surface area contributed by atoms with E-state index in [1.165, 1.54) is 0 Å². The number of aryl methyl sites for hydroxylation is 1. The largest absolute Gasteiger partial charge is 0.495 e. The number of nitrogens with one attached hydrogen (secondary N) is 2. The number of thiazole rings is 2. The molecule has 0 saturated heterocycles.